The molecule has 1 aromatic heterocycles. The number of methoxy groups -OCH3 is 1. The molecule has 1 aliphatic heterocycles. The number of hydrogen-bond donors (Lipinski definition) is 0. The predicted octanol–water partition coefficient (Wildman–Crippen LogP) is 3.46. The van der Waals surface area contributed by atoms with E-state index >= 15 is 0 Å². The second-order valence-corrected chi connectivity index (χ2v) is 6.33. The normalized spacial score (nSPS) is 16.8. The lowest BCUT2D eigenvalue weighted by atomic mass is 10.1. The number of piperidine rings is 1. The molecule has 2 aromatic rings. The number of hydrogen-bond acceptors (Lipinski definition) is 3. The van der Waals surface area contributed by atoms with Crippen molar-refractivity contribution < 1.29 is 9.53 Å². The van der Waals surface area contributed by atoms with Crippen LogP contribution in [-0.4, -0.2) is 37.1 Å². The van der Waals surface area contributed by atoms with E-state index in [9.17, 15) is 4.79 Å². The Labute approximate surface area is 123 Å². The van der Waals surface area contributed by atoms with E-state index < -0.39 is 0 Å². The van der Waals surface area contributed by atoms with Crippen LogP contribution in [0.1, 0.15) is 28.1 Å². The number of ether oxygens (including phenoxy) is 1. The Morgan fingerprint density at radius 2 is 2.00 bits per heavy atom. The van der Waals surface area contributed by atoms with Gasteiger partial charge in [0.05, 0.1) is 11.0 Å². The molecule has 1 aliphatic rings. The minimum absolute atomic E-state index is 0.179. The van der Waals surface area contributed by atoms with Gasteiger partial charge in [-0.15, -0.1) is 11.3 Å². The van der Waals surface area contributed by atoms with Crippen molar-refractivity contribution in [2.45, 2.75) is 25.9 Å². The molecule has 1 aromatic carbocycles. The molecule has 1 saturated heterocycles. The van der Waals surface area contributed by atoms with E-state index in [1.54, 1.807) is 18.4 Å². The van der Waals surface area contributed by atoms with Gasteiger partial charge in [0.1, 0.15) is 0 Å². The number of aryl methyl sites for hydroxylation is 1. The van der Waals surface area contributed by atoms with Gasteiger partial charge in [-0.05, 0) is 36.8 Å². The van der Waals surface area contributed by atoms with E-state index in [-0.39, 0.29) is 5.91 Å². The van der Waals surface area contributed by atoms with Gasteiger partial charge in [0, 0.05) is 24.9 Å². The molecule has 4 heteroatoms. The van der Waals surface area contributed by atoms with Gasteiger partial charge < -0.3 is 9.64 Å². The van der Waals surface area contributed by atoms with Crippen molar-refractivity contribution in [2.24, 2.45) is 0 Å². The maximum absolute atomic E-state index is 12.7. The van der Waals surface area contributed by atoms with Crippen molar-refractivity contribution in [1.82, 2.24) is 4.90 Å². The van der Waals surface area contributed by atoms with Crippen LogP contribution in [0.5, 0.6) is 0 Å². The first-order valence-corrected chi connectivity index (χ1v) is 7.82. The molecule has 0 spiro atoms. The average molecular weight is 289 g/mol. The number of likely N-dealkylation sites (tertiary alicyclic amines) is 1. The molecule has 3 nitrogen and oxygen atoms in total. The van der Waals surface area contributed by atoms with Gasteiger partial charge in [0.25, 0.3) is 5.91 Å². The highest BCUT2D eigenvalue weighted by Gasteiger charge is 2.25. The number of nitrogens with zero attached hydrogens (tertiary/aromatic N) is 1. The van der Waals surface area contributed by atoms with Crippen LogP contribution in [0.15, 0.2) is 24.3 Å². The lowest BCUT2D eigenvalue weighted by molar-refractivity contribution is 0.0353. The van der Waals surface area contributed by atoms with Crippen molar-refractivity contribution >= 4 is 27.3 Å². The fourth-order valence-corrected chi connectivity index (χ4v) is 3.99. The molecule has 20 heavy (non-hydrogen) atoms. The molecular weight excluding hydrogens is 270 g/mol. The van der Waals surface area contributed by atoms with Crippen LogP contribution in [0.4, 0.5) is 0 Å². The Kier molecular flexibility index (Phi) is 3.76. The van der Waals surface area contributed by atoms with E-state index in [0.717, 1.165) is 36.4 Å². The van der Waals surface area contributed by atoms with E-state index in [4.69, 9.17) is 4.74 Å². The third-order valence-corrected chi connectivity index (χ3v) is 5.36. The Balaban J connectivity index is 1.84. The third kappa shape index (κ3) is 2.34. The summed E-state index contributed by atoms with van der Waals surface area (Å²) in [6.07, 6.45) is 2.18. The lowest BCUT2D eigenvalue weighted by Gasteiger charge is -2.31. The van der Waals surface area contributed by atoms with Gasteiger partial charge in [0.2, 0.25) is 0 Å². The highest BCUT2D eigenvalue weighted by atomic mass is 32.1. The molecule has 0 unspecified atom stereocenters. The van der Waals surface area contributed by atoms with Gasteiger partial charge in [-0.3, -0.25) is 4.79 Å². The van der Waals surface area contributed by atoms with Crippen LogP contribution < -0.4 is 0 Å². The van der Waals surface area contributed by atoms with E-state index in [1.807, 2.05) is 24.0 Å². The number of carbonyl (C=O) groups excluding carboxylic acids is 1. The van der Waals surface area contributed by atoms with Crippen molar-refractivity contribution in [1.29, 1.82) is 0 Å². The molecule has 2 heterocycles. The van der Waals surface area contributed by atoms with Gasteiger partial charge in [-0.1, -0.05) is 18.2 Å². The summed E-state index contributed by atoms with van der Waals surface area (Å²) in [5, 5.41) is 1.20. The van der Waals surface area contributed by atoms with Crippen LogP contribution in [0, 0.1) is 6.92 Å². The van der Waals surface area contributed by atoms with Crippen LogP contribution in [-0.2, 0) is 4.74 Å². The van der Waals surface area contributed by atoms with Crippen LogP contribution in [0.2, 0.25) is 0 Å². The molecule has 0 saturated carbocycles. The molecule has 106 valence electrons. The first-order valence-electron chi connectivity index (χ1n) is 7.01. The zero-order chi connectivity index (χ0) is 14.1. The first-order chi connectivity index (χ1) is 9.70. The number of rotatable bonds is 2. The summed E-state index contributed by atoms with van der Waals surface area (Å²) < 4.78 is 6.56. The summed E-state index contributed by atoms with van der Waals surface area (Å²) in [6, 6.07) is 8.23. The van der Waals surface area contributed by atoms with E-state index in [1.165, 1.54) is 10.1 Å². The summed E-state index contributed by atoms with van der Waals surface area (Å²) in [5.41, 5.74) is 1.12. The number of amides is 1. The maximum Gasteiger partial charge on any atom is 0.264 e. The van der Waals surface area contributed by atoms with Gasteiger partial charge in [0.15, 0.2) is 0 Å². The molecule has 0 N–H and O–H groups in total. The number of fused-ring (bicyclic) bond motifs is 1. The van der Waals surface area contributed by atoms with Crippen molar-refractivity contribution in [3.8, 4) is 0 Å². The number of thiophene rings is 1. The smallest absolute Gasteiger partial charge is 0.264 e. The third-order valence-electron chi connectivity index (χ3n) is 4.10. The number of carbonyl (C=O) groups is 1. The summed E-state index contributed by atoms with van der Waals surface area (Å²) in [4.78, 5) is 15.5. The minimum Gasteiger partial charge on any atom is -0.381 e. The molecule has 1 fully saturated rings. The molecule has 0 bridgehead atoms. The van der Waals surface area contributed by atoms with Crippen molar-refractivity contribution in [3.05, 3.63) is 34.7 Å². The Bertz CT molecular complexity index is 626. The quantitative estimate of drug-likeness (QED) is 0.847. The predicted molar refractivity (Wildman–Crippen MR) is 82.5 cm³/mol. The zero-order valence-electron chi connectivity index (χ0n) is 11.9. The second-order valence-electron chi connectivity index (χ2n) is 5.28. The van der Waals surface area contributed by atoms with Crippen molar-refractivity contribution in [2.75, 3.05) is 20.2 Å². The summed E-state index contributed by atoms with van der Waals surface area (Å²) in [5.74, 6) is 0.179. The zero-order valence-corrected chi connectivity index (χ0v) is 12.7. The molecule has 0 atom stereocenters. The first kappa shape index (κ1) is 13.6. The Morgan fingerprint density at radius 1 is 1.30 bits per heavy atom. The van der Waals surface area contributed by atoms with Crippen LogP contribution in [0.3, 0.4) is 0 Å². The van der Waals surface area contributed by atoms with Crippen LogP contribution in [0.25, 0.3) is 10.1 Å². The minimum atomic E-state index is 0.179. The van der Waals surface area contributed by atoms with Gasteiger partial charge in [-0.2, -0.15) is 0 Å². The topological polar surface area (TPSA) is 29.5 Å². The molecule has 0 aliphatic carbocycles. The lowest BCUT2D eigenvalue weighted by Crippen LogP contribution is -2.40. The molecule has 3 rings (SSSR count). The SMILES string of the molecule is COC1CCN(C(=O)c2sc3ccccc3c2C)CC1. The monoisotopic (exact) mass is 289 g/mol. The summed E-state index contributed by atoms with van der Waals surface area (Å²) in [6.45, 7) is 3.64. The largest absolute Gasteiger partial charge is 0.381 e. The average Bonchev–Trinajstić information content (AvgIpc) is 2.84. The highest BCUT2D eigenvalue weighted by Crippen LogP contribution is 2.32. The van der Waals surface area contributed by atoms with Crippen molar-refractivity contribution in [3.63, 3.8) is 0 Å². The summed E-state index contributed by atoms with van der Waals surface area (Å²) in [7, 11) is 1.75. The van der Waals surface area contributed by atoms with Gasteiger partial charge >= 0.3 is 0 Å². The van der Waals surface area contributed by atoms with Crippen LogP contribution >= 0.6 is 11.3 Å². The fourth-order valence-electron chi connectivity index (χ4n) is 2.82. The molecular formula is C16H19NO2S. The van der Waals surface area contributed by atoms with E-state index in [2.05, 4.69) is 12.1 Å². The van der Waals surface area contributed by atoms with E-state index in [0.29, 0.717) is 6.10 Å². The van der Waals surface area contributed by atoms with Gasteiger partial charge in [-0.25, -0.2) is 0 Å². The second kappa shape index (κ2) is 5.54. The fraction of sp³-hybridized carbons (Fsp3) is 0.438. The Hall–Kier alpha value is -1.39. The molecule has 0 radical (unpaired) electrons. The Morgan fingerprint density at radius 3 is 2.65 bits per heavy atom. The standard InChI is InChI=1S/C16H19NO2S/c1-11-13-5-3-4-6-14(13)20-15(11)16(18)17-9-7-12(19-2)8-10-17/h3-6,12H,7-10H2,1-2H3. The molecule has 1 amide bonds. The highest BCUT2D eigenvalue weighted by molar-refractivity contribution is 7.21. The number of benzene rings is 1. The maximum atomic E-state index is 12.7. The summed E-state index contributed by atoms with van der Waals surface area (Å²) >= 11 is 1.61.